The maximum Gasteiger partial charge on any atom is 0.157 e. The Labute approximate surface area is 107 Å². The summed E-state index contributed by atoms with van der Waals surface area (Å²) in [6, 6.07) is 3.83. The van der Waals surface area contributed by atoms with Gasteiger partial charge in [0.1, 0.15) is 0 Å². The third-order valence-corrected chi connectivity index (χ3v) is 2.56. The lowest BCUT2D eigenvalue weighted by Gasteiger charge is -2.07. The highest BCUT2D eigenvalue weighted by atomic mass is 16.5. The smallest absolute Gasteiger partial charge is 0.157 e. The molecule has 0 bridgehead atoms. The molecule has 0 aliphatic carbocycles. The molecule has 2 heterocycles. The van der Waals surface area contributed by atoms with Gasteiger partial charge in [-0.05, 0) is 31.0 Å². The van der Waals surface area contributed by atoms with E-state index in [1.165, 1.54) is 0 Å². The van der Waals surface area contributed by atoms with E-state index in [1.807, 2.05) is 25.3 Å². The Balaban J connectivity index is 2.20. The summed E-state index contributed by atoms with van der Waals surface area (Å²) in [6.45, 7) is 4.70. The molecule has 0 saturated heterocycles. The van der Waals surface area contributed by atoms with Crippen LogP contribution in [0.2, 0.25) is 0 Å². The van der Waals surface area contributed by atoms with E-state index in [-0.39, 0.29) is 6.04 Å². The van der Waals surface area contributed by atoms with E-state index in [0.29, 0.717) is 6.61 Å². The molecule has 0 aromatic carbocycles. The highest BCUT2D eigenvalue weighted by molar-refractivity contribution is 5.30. The number of hydrogen-bond acceptors (Lipinski definition) is 4. The zero-order chi connectivity index (χ0) is 13.0. The zero-order valence-corrected chi connectivity index (χ0v) is 10.7. The molecular weight excluding hydrogens is 228 g/mol. The third-order valence-electron chi connectivity index (χ3n) is 2.56. The normalized spacial score (nSPS) is 12.4. The summed E-state index contributed by atoms with van der Waals surface area (Å²) in [6.07, 6.45) is 6.23. The highest BCUT2D eigenvalue weighted by Crippen LogP contribution is 2.15. The number of rotatable bonds is 5. The average Bonchev–Trinajstić information content (AvgIpc) is 2.85. The van der Waals surface area contributed by atoms with Gasteiger partial charge >= 0.3 is 0 Å². The lowest BCUT2D eigenvalue weighted by molar-refractivity contribution is 0.317. The Morgan fingerprint density at radius 3 is 3.06 bits per heavy atom. The van der Waals surface area contributed by atoms with Crippen molar-refractivity contribution in [1.82, 2.24) is 14.8 Å². The highest BCUT2D eigenvalue weighted by Gasteiger charge is 2.05. The van der Waals surface area contributed by atoms with Gasteiger partial charge in [-0.2, -0.15) is 5.10 Å². The minimum Gasteiger partial charge on any atom is -0.490 e. The quantitative estimate of drug-likeness (QED) is 0.877. The lowest BCUT2D eigenvalue weighted by Crippen LogP contribution is -2.07. The summed E-state index contributed by atoms with van der Waals surface area (Å²) >= 11 is 0. The Bertz CT molecular complexity index is 507. The predicted octanol–water partition coefficient (Wildman–Crippen LogP) is 2.08. The van der Waals surface area contributed by atoms with Crippen LogP contribution in [-0.4, -0.2) is 21.4 Å². The second-order valence-electron chi connectivity index (χ2n) is 4.21. The summed E-state index contributed by atoms with van der Waals surface area (Å²) in [5.74, 6) is 1.50. The van der Waals surface area contributed by atoms with Crippen LogP contribution < -0.4 is 10.5 Å². The molecule has 96 valence electrons. The molecule has 0 fully saturated rings. The van der Waals surface area contributed by atoms with Crippen molar-refractivity contribution in [3.8, 4) is 11.6 Å². The van der Waals surface area contributed by atoms with Gasteiger partial charge in [-0.15, -0.1) is 0 Å². The van der Waals surface area contributed by atoms with E-state index in [1.54, 1.807) is 17.1 Å². The molecule has 0 aliphatic rings. The first-order valence-corrected chi connectivity index (χ1v) is 6.10. The van der Waals surface area contributed by atoms with E-state index in [0.717, 1.165) is 23.6 Å². The number of nitrogens with two attached hydrogens (primary N) is 1. The van der Waals surface area contributed by atoms with E-state index < -0.39 is 0 Å². The SMILES string of the molecule is CCCOc1cnn(-c2cc([C@@H](C)N)ccn2)c1. The molecule has 0 aliphatic heterocycles. The van der Waals surface area contributed by atoms with Crippen LogP contribution >= 0.6 is 0 Å². The molecule has 18 heavy (non-hydrogen) atoms. The summed E-state index contributed by atoms with van der Waals surface area (Å²) in [5, 5.41) is 4.23. The first kappa shape index (κ1) is 12.6. The predicted molar refractivity (Wildman–Crippen MR) is 69.7 cm³/mol. The van der Waals surface area contributed by atoms with Crippen LogP contribution in [-0.2, 0) is 0 Å². The molecular formula is C13H18N4O. The number of aromatic nitrogens is 3. The average molecular weight is 246 g/mol. The molecule has 2 rings (SSSR count). The Kier molecular flexibility index (Phi) is 3.94. The van der Waals surface area contributed by atoms with Crippen LogP contribution in [0.15, 0.2) is 30.7 Å². The molecule has 2 aromatic heterocycles. The van der Waals surface area contributed by atoms with E-state index in [9.17, 15) is 0 Å². The fraction of sp³-hybridized carbons (Fsp3) is 0.385. The van der Waals surface area contributed by atoms with Crippen molar-refractivity contribution in [3.05, 3.63) is 36.3 Å². The molecule has 0 saturated carbocycles. The molecule has 0 radical (unpaired) electrons. The van der Waals surface area contributed by atoms with Crippen LogP contribution in [0.1, 0.15) is 31.9 Å². The van der Waals surface area contributed by atoms with Crippen molar-refractivity contribution in [2.75, 3.05) is 6.61 Å². The van der Waals surface area contributed by atoms with E-state index >= 15 is 0 Å². The number of hydrogen-bond donors (Lipinski definition) is 1. The van der Waals surface area contributed by atoms with Gasteiger partial charge in [0.2, 0.25) is 0 Å². The minimum atomic E-state index is -0.0156. The van der Waals surface area contributed by atoms with Crippen molar-refractivity contribution < 1.29 is 4.74 Å². The fourth-order valence-corrected chi connectivity index (χ4v) is 1.57. The topological polar surface area (TPSA) is 66.0 Å². The first-order valence-electron chi connectivity index (χ1n) is 6.10. The Hall–Kier alpha value is -1.88. The largest absolute Gasteiger partial charge is 0.490 e. The first-order chi connectivity index (χ1) is 8.70. The maximum atomic E-state index is 5.85. The van der Waals surface area contributed by atoms with Gasteiger partial charge in [-0.1, -0.05) is 6.92 Å². The van der Waals surface area contributed by atoms with Gasteiger partial charge in [0.05, 0.1) is 19.0 Å². The van der Waals surface area contributed by atoms with Crippen molar-refractivity contribution in [3.63, 3.8) is 0 Å². The van der Waals surface area contributed by atoms with Crippen molar-refractivity contribution in [1.29, 1.82) is 0 Å². The number of ether oxygens (including phenoxy) is 1. The fourth-order valence-electron chi connectivity index (χ4n) is 1.57. The minimum absolute atomic E-state index is 0.0156. The molecule has 2 N–H and O–H groups in total. The van der Waals surface area contributed by atoms with E-state index in [4.69, 9.17) is 10.5 Å². The Morgan fingerprint density at radius 1 is 1.50 bits per heavy atom. The molecule has 2 aromatic rings. The lowest BCUT2D eigenvalue weighted by atomic mass is 10.1. The van der Waals surface area contributed by atoms with Gasteiger partial charge in [0, 0.05) is 12.2 Å². The monoisotopic (exact) mass is 246 g/mol. The molecule has 0 unspecified atom stereocenters. The molecule has 1 atom stereocenters. The molecule has 0 spiro atoms. The van der Waals surface area contributed by atoms with E-state index in [2.05, 4.69) is 17.0 Å². The Morgan fingerprint density at radius 2 is 2.33 bits per heavy atom. The standard InChI is InChI=1S/C13H18N4O/c1-3-6-18-12-8-16-17(9-12)13-7-11(10(2)14)4-5-15-13/h4-5,7-10H,3,6,14H2,1-2H3/t10-/m1/s1. The van der Waals surface area contributed by atoms with Crippen LogP contribution in [0.3, 0.4) is 0 Å². The summed E-state index contributed by atoms with van der Waals surface area (Å²) in [4.78, 5) is 4.28. The van der Waals surface area contributed by atoms with Gasteiger partial charge in [-0.3, -0.25) is 0 Å². The van der Waals surface area contributed by atoms with Crippen molar-refractivity contribution >= 4 is 0 Å². The second-order valence-corrected chi connectivity index (χ2v) is 4.21. The summed E-state index contributed by atoms with van der Waals surface area (Å²) in [7, 11) is 0. The molecule has 5 nitrogen and oxygen atoms in total. The number of pyridine rings is 1. The zero-order valence-electron chi connectivity index (χ0n) is 10.7. The van der Waals surface area contributed by atoms with Crippen LogP contribution in [0.4, 0.5) is 0 Å². The van der Waals surface area contributed by atoms with Crippen molar-refractivity contribution in [2.45, 2.75) is 26.3 Å². The molecule has 0 amide bonds. The summed E-state index contributed by atoms with van der Waals surface area (Å²) < 4.78 is 7.19. The third kappa shape index (κ3) is 2.87. The number of nitrogens with zero attached hydrogens (tertiary/aromatic N) is 3. The molecule has 5 heteroatoms. The van der Waals surface area contributed by atoms with Crippen molar-refractivity contribution in [2.24, 2.45) is 5.73 Å². The second kappa shape index (κ2) is 5.64. The van der Waals surface area contributed by atoms with Gasteiger partial charge in [-0.25, -0.2) is 9.67 Å². The van der Waals surface area contributed by atoms with Gasteiger partial charge in [0.25, 0.3) is 0 Å². The summed E-state index contributed by atoms with van der Waals surface area (Å²) in [5.41, 5.74) is 6.88. The van der Waals surface area contributed by atoms with Crippen LogP contribution in [0.25, 0.3) is 5.82 Å². The maximum absolute atomic E-state index is 5.85. The van der Waals surface area contributed by atoms with Gasteiger partial charge < -0.3 is 10.5 Å². The van der Waals surface area contributed by atoms with Crippen LogP contribution in [0, 0.1) is 0 Å². The van der Waals surface area contributed by atoms with Crippen LogP contribution in [0.5, 0.6) is 5.75 Å². The van der Waals surface area contributed by atoms with Gasteiger partial charge in [0.15, 0.2) is 11.6 Å².